The number of carbonyl (C=O) groups excluding carboxylic acids is 1. The van der Waals surface area contributed by atoms with E-state index in [0.29, 0.717) is 43.1 Å². The summed E-state index contributed by atoms with van der Waals surface area (Å²) in [5.74, 6) is -2.07. The van der Waals surface area contributed by atoms with Crippen molar-refractivity contribution in [2.45, 2.75) is 44.2 Å². The van der Waals surface area contributed by atoms with E-state index in [2.05, 4.69) is 25.9 Å². The van der Waals surface area contributed by atoms with Crippen LogP contribution in [0.1, 0.15) is 38.1 Å². The van der Waals surface area contributed by atoms with Crippen molar-refractivity contribution in [1.29, 1.82) is 0 Å². The predicted molar refractivity (Wildman–Crippen MR) is 125 cm³/mol. The number of rotatable bonds is 6. The van der Waals surface area contributed by atoms with Crippen molar-refractivity contribution < 1.29 is 22.7 Å². The molecule has 1 saturated heterocycles. The fourth-order valence-corrected chi connectivity index (χ4v) is 4.95. The maximum absolute atomic E-state index is 14.3. The highest BCUT2D eigenvalue weighted by atomic mass is 19.1. The number of nitrogens with one attached hydrogen (secondary N) is 3. The molecule has 1 atom stereocenters. The molecule has 0 radical (unpaired) electrons. The Hall–Kier alpha value is -3.34. The second-order valence-electron chi connectivity index (χ2n) is 9.06. The minimum absolute atomic E-state index is 0.0400. The van der Waals surface area contributed by atoms with E-state index in [0.717, 1.165) is 31.2 Å². The molecular formula is C24H27F3N6O2. The molecular weight excluding hydrogens is 461 g/mol. The molecule has 2 aromatic heterocycles. The molecule has 5 rings (SSSR count). The molecule has 11 heteroatoms. The second-order valence-corrected chi connectivity index (χ2v) is 9.06. The van der Waals surface area contributed by atoms with Crippen molar-refractivity contribution in [1.82, 2.24) is 19.9 Å². The number of pyridine rings is 1. The van der Waals surface area contributed by atoms with Crippen LogP contribution in [0.4, 0.5) is 30.6 Å². The van der Waals surface area contributed by atoms with Crippen LogP contribution in [0.25, 0.3) is 11.0 Å². The van der Waals surface area contributed by atoms with Crippen LogP contribution in [0.2, 0.25) is 0 Å². The van der Waals surface area contributed by atoms with Gasteiger partial charge < -0.3 is 25.3 Å². The summed E-state index contributed by atoms with van der Waals surface area (Å²) in [6.45, 7) is 0.997. The maximum Gasteiger partial charge on any atom is 0.222 e. The molecule has 8 nitrogen and oxygen atoms in total. The summed E-state index contributed by atoms with van der Waals surface area (Å²) in [6, 6.07) is 3.21. The highest BCUT2D eigenvalue weighted by Gasteiger charge is 2.27. The molecule has 2 fully saturated rings. The SMILES string of the molecule is CNC(=O)C1CCC(Nc2cc3c(cn2)nc(Nc2c(F)cc(F)cc2F)n3[C@H]2CCOC2)CC1. The third kappa shape index (κ3) is 4.77. The standard InChI is InChI=1S/C24H27F3N6O2/c1-28-23(34)13-2-4-15(5-3-13)30-21-10-20-19(11-29-21)31-24(33(20)16-6-7-35-12-16)32-22-17(26)8-14(25)9-18(22)27/h8-11,13,15-16H,2-7,12H2,1H3,(H,28,34)(H,29,30)(H,31,32)/t13?,15?,16-/m0/s1. The quantitative estimate of drug-likeness (QED) is 0.480. The molecule has 0 unspecified atom stereocenters. The van der Waals surface area contributed by atoms with Crippen LogP contribution in [0.3, 0.4) is 0 Å². The summed E-state index contributed by atoms with van der Waals surface area (Å²) in [7, 11) is 1.66. The van der Waals surface area contributed by atoms with Crippen LogP contribution < -0.4 is 16.0 Å². The zero-order valence-corrected chi connectivity index (χ0v) is 19.3. The smallest absolute Gasteiger partial charge is 0.222 e. The largest absolute Gasteiger partial charge is 0.379 e. The molecule has 1 aliphatic heterocycles. The van der Waals surface area contributed by atoms with Crippen molar-refractivity contribution in [3.8, 4) is 0 Å². The summed E-state index contributed by atoms with van der Waals surface area (Å²) in [4.78, 5) is 20.9. The number of benzene rings is 1. The minimum atomic E-state index is -1.04. The Balaban J connectivity index is 1.43. The van der Waals surface area contributed by atoms with Gasteiger partial charge in [-0.3, -0.25) is 4.79 Å². The lowest BCUT2D eigenvalue weighted by atomic mass is 9.85. The monoisotopic (exact) mass is 488 g/mol. The van der Waals surface area contributed by atoms with Gasteiger partial charge in [-0.15, -0.1) is 0 Å². The van der Waals surface area contributed by atoms with Crippen molar-refractivity contribution in [3.63, 3.8) is 0 Å². The number of fused-ring (bicyclic) bond motifs is 1. The Kier molecular flexibility index (Phi) is 6.50. The van der Waals surface area contributed by atoms with Crippen LogP contribution in [-0.4, -0.2) is 46.7 Å². The van der Waals surface area contributed by atoms with Gasteiger partial charge in [-0.1, -0.05) is 0 Å². The lowest BCUT2D eigenvalue weighted by Crippen LogP contribution is -2.34. The Morgan fingerprint density at radius 3 is 2.49 bits per heavy atom. The highest BCUT2D eigenvalue weighted by molar-refractivity contribution is 5.82. The van der Waals surface area contributed by atoms with E-state index in [1.165, 1.54) is 0 Å². The number of hydrogen-bond acceptors (Lipinski definition) is 6. The number of halogens is 3. The number of amides is 1. The molecule has 2 aliphatic rings. The van der Waals surface area contributed by atoms with E-state index < -0.39 is 23.1 Å². The minimum Gasteiger partial charge on any atom is -0.379 e. The van der Waals surface area contributed by atoms with Gasteiger partial charge >= 0.3 is 0 Å². The molecule has 1 aromatic carbocycles. The number of carbonyl (C=O) groups is 1. The summed E-state index contributed by atoms with van der Waals surface area (Å²) >= 11 is 0. The van der Waals surface area contributed by atoms with Gasteiger partial charge in [0.25, 0.3) is 0 Å². The van der Waals surface area contributed by atoms with Crippen molar-refractivity contribution in [3.05, 3.63) is 41.8 Å². The molecule has 0 bridgehead atoms. The number of hydrogen-bond donors (Lipinski definition) is 3. The van der Waals surface area contributed by atoms with Crippen LogP contribution in [0.5, 0.6) is 0 Å². The van der Waals surface area contributed by atoms with Crippen molar-refractivity contribution in [2.75, 3.05) is 30.9 Å². The van der Waals surface area contributed by atoms with Crippen molar-refractivity contribution in [2.24, 2.45) is 5.92 Å². The molecule has 1 aliphatic carbocycles. The molecule has 3 N–H and O–H groups in total. The van der Waals surface area contributed by atoms with E-state index in [1.807, 2.05) is 10.6 Å². The summed E-state index contributed by atoms with van der Waals surface area (Å²) < 4.78 is 49.5. The van der Waals surface area contributed by atoms with E-state index >= 15 is 0 Å². The van der Waals surface area contributed by atoms with Crippen LogP contribution >= 0.6 is 0 Å². The molecule has 35 heavy (non-hydrogen) atoms. The van der Waals surface area contributed by atoms with Crippen LogP contribution in [0, 0.1) is 23.4 Å². The predicted octanol–water partition coefficient (Wildman–Crippen LogP) is 4.27. The number of nitrogens with zero attached hydrogens (tertiary/aromatic N) is 3. The topological polar surface area (TPSA) is 93.1 Å². The number of aromatic nitrogens is 3. The molecule has 1 amide bonds. The lowest BCUT2D eigenvalue weighted by Gasteiger charge is -2.28. The van der Waals surface area contributed by atoms with Crippen LogP contribution in [-0.2, 0) is 9.53 Å². The zero-order valence-electron chi connectivity index (χ0n) is 19.3. The molecule has 0 spiro atoms. The van der Waals surface area contributed by atoms with E-state index in [-0.39, 0.29) is 29.9 Å². The first kappa shape index (κ1) is 23.4. The Bertz CT molecular complexity index is 1210. The number of ether oxygens (including phenoxy) is 1. The maximum atomic E-state index is 14.3. The van der Waals surface area contributed by atoms with Gasteiger partial charge in [-0.2, -0.15) is 0 Å². The normalized spacial score (nSPS) is 22.3. The first-order valence-corrected chi connectivity index (χ1v) is 11.8. The van der Waals surface area contributed by atoms with E-state index in [9.17, 15) is 18.0 Å². The van der Waals surface area contributed by atoms with Gasteiger partial charge in [0.05, 0.1) is 24.4 Å². The molecule has 186 valence electrons. The average Bonchev–Trinajstić information content (AvgIpc) is 3.48. The third-order valence-corrected chi connectivity index (χ3v) is 6.79. The Morgan fingerprint density at radius 2 is 1.83 bits per heavy atom. The fourth-order valence-electron chi connectivity index (χ4n) is 4.95. The van der Waals surface area contributed by atoms with Gasteiger partial charge in [-0.05, 0) is 32.1 Å². The summed E-state index contributed by atoms with van der Waals surface area (Å²) in [6.07, 6.45) is 5.64. The Labute approximate surface area is 200 Å². The van der Waals surface area contributed by atoms with Gasteiger partial charge in [-0.25, -0.2) is 23.1 Å². The molecule has 3 aromatic rings. The fraction of sp³-hybridized carbons (Fsp3) is 0.458. The van der Waals surface area contributed by atoms with Gasteiger partial charge in [0, 0.05) is 43.8 Å². The summed E-state index contributed by atoms with van der Waals surface area (Å²) in [5.41, 5.74) is 0.819. The lowest BCUT2D eigenvalue weighted by molar-refractivity contribution is -0.125. The van der Waals surface area contributed by atoms with Crippen molar-refractivity contribution >= 4 is 34.4 Å². The first-order chi connectivity index (χ1) is 16.9. The third-order valence-electron chi connectivity index (χ3n) is 6.79. The Morgan fingerprint density at radius 1 is 1.09 bits per heavy atom. The zero-order chi connectivity index (χ0) is 24.5. The number of anilines is 3. The van der Waals surface area contributed by atoms with Gasteiger partial charge in [0.1, 0.15) is 22.8 Å². The van der Waals surface area contributed by atoms with Gasteiger partial charge in [0.15, 0.2) is 11.6 Å². The van der Waals surface area contributed by atoms with Gasteiger partial charge in [0.2, 0.25) is 11.9 Å². The average molecular weight is 489 g/mol. The van der Waals surface area contributed by atoms with E-state index in [1.54, 1.807) is 13.2 Å². The van der Waals surface area contributed by atoms with Crippen LogP contribution in [0.15, 0.2) is 24.4 Å². The first-order valence-electron chi connectivity index (χ1n) is 11.8. The second kappa shape index (κ2) is 9.73. The molecule has 1 saturated carbocycles. The molecule has 3 heterocycles. The summed E-state index contributed by atoms with van der Waals surface area (Å²) in [5, 5.41) is 8.89. The van der Waals surface area contributed by atoms with E-state index in [4.69, 9.17) is 4.74 Å². The highest BCUT2D eigenvalue weighted by Crippen LogP contribution is 2.34. The number of imidazole rings is 1.